The summed E-state index contributed by atoms with van der Waals surface area (Å²) in [4.78, 5) is 4.17. The molecule has 0 fully saturated rings. The molecule has 0 saturated carbocycles. The highest BCUT2D eigenvalue weighted by molar-refractivity contribution is 6.92. The lowest BCUT2D eigenvalue weighted by Gasteiger charge is -2.37. The highest BCUT2D eigenvalue weighted by atomic mass is 28.3. The van der Waals surface area contributed by atoms with Gasteiger partial charge in [0.05, 0.1) is 8.07 Å². The molecule has 0 bridgehead atoms. The highest BCUT2D eigenvalue weighted by Crippen LogP contribution is 2.38. The van der Waals surface area contributed by atoms with E-state index < -0.39 is 54.6 Å². The van der Waals surface area contributed by atoms with Gasteiger partial charge in [-0.25, -0.2) is 8.78 Å². The van der Waals surface area contributed by atoms with Gasteiger partial charge in [-0.3, -0.25) is 0 Å². The number of rotatable bonds is 5. The lowest BCUT2D eigenvalue weighted by Crippen LogP contribution is -2.53. The first-order valence-electron chi connectivity index (χ1n) is 12.3. The van der Waals surface area contributed by atoms with Crippen LogP contribution in [0.2, 0.25) is 18.1 Å². The zero-order chi connectivity index (χ0) is 30.1. The Labute approximate surface area is 230 Å². The summed E-state index contributed by atoms with van der Waals surface area (Å²) in [7, 11) is 2.65. The van der Waals surface area contributed by atoms with Gasteiger partial charge in [0.1, 0.15) is 0 Å². The summed E-state index contributed by atoms with van der Waals surface area (Å²) in [6.45, 7) is 8.38. The average molecular weight is 567 g/mol. The van der Waals surface area contributed by atoms with E-state index in [9.17, 15) is 17.6 Å². The van der Waals surface area contributed by atoms with Crippen molar-refractivity contribution in [1.29, 1.82) is 0 Å². The van der Waals surface area contributed by atoms with Crippen LogP contribution < -0.4 is 19.6 Å². The van der Waals surface area contributed by atoms with Crippen LogP contribution in [-0.2, 0) is 0 Å². The van der Waals surface area contributed by atoms with Crippen molar-refractivity contribution >= 4 is 32.0 Å². The van der Waals surface area contributed by atoms with Crippen LogP contribution in [0, 0.1) is 23.3 Å². The quantitative estimate of drug-likeness (QED) is 0.232. The van der Waals surface area contributed by atoms with Crippen molar-refractivity contribution in [2.24, 2.45) is 0 Å². The number of nitrogens with zero attached hydrogens (tertiary/aromatic N) is 2. The molecular formula is C28H39BF4N2O3Si. The van der Waals surface area contributed by atoms with Crippen molar-refractivity contribution in [3.63, 3.8) is 0 Å². The van der Waals surface area contributed by atoms with E-state index in [-0.39, 0.29) is 0 Å². The Kier molecular flexibility index (Phi) is 12.5. The maximum atomic E-state index is 14.2. The first kappa shape index (κ1) is 34.0. The Morgan fingerprint density at radius 1 is 0.667 bits per heavy atom. The van der Waals surface area contributed by atoms with Crippen LogP contribution in [0.15, 0.2) is 60.7 Å². The summed E-state index contributed by atoms with van der Waals surface area (Å²) in [6.07, 6.45) is 0. The first-order chi connectivity index (χ1) is 17.9. The number of hydrogen-bond acceptors (Lipinski definition) is 5. The fourth-order valence-corrected chi connectivity index (χ4v) is 5.26. The van der Waals surface area contributed by atoms with Crippen molar-refractivity contribution in [1.82, 2.24) is 0 Å². The molecule has 0 atom stereocenters. The van der Waals surface area contributed by atoms with Crippen LogP contribution in [0.4, 0.5) is 28.9 Å². The van der Waals surface area contributed by atoms with E-state index in [0.29, 0.717) is 0 Å². The topological polar surface area (TPSA) is 56.2 Å². The van der Waals surface area contributed by atoms with Crippen LogP contribution >= 0.6 is 0 Å². The molecule has 0 aliphatic carbocycles. The molecule has 5 nitrogen and oxygen atoms in total. The molecule has 0 aliphatic rings. The molecule has 0 radical (unpaired) electrons. The molecule has 0 aromatic heterocycles. The van der Waals surface area contributed by atoms with Crippen molar-refractivity contribution in [2.75, 3.05) is 38.0 Å². The largest absolute Gasteiger partial charge is 0.707 e. The highest BCUT2D eigenvalue weighted by Gasteiger charge is 2.44. The number of para-hydroxylation sites is 2. The molecule has 214 valence electrons. The molecule has 0 saturated heterocycles. The fraction of sp³-hybridized carbons (Fsp3) is 0.357. The maximum Gasteiger partial charge on any atom is 0.707 e. The Morgan fingerprint density at radius 3 is 1.23 bits per heavy atom. The molecule has 0 spiro atoms. The van der Waals surface area contributed by atoms with E-state index in [4.69, 9.17) is 10.0 Å². The monoisotopic (exact) mass is 566 g/mol. The van der Waals surface area contributed by atoms with Gasteiger partial charge in [-0.1, -0.05) is 70.3 Å². The summed E-state index contributed by atoms with van der Waals surface area (Å²) in [6, 6.07) is 20.5. The smallest absolute Gasteiger partial charge is 0.507 e. The molecule has 3 aromatic carbocycles. The summed E-state index contributed by atoms with van der Waals surface area (Å²) in [5.74, 6) is -8.15. The molecule has 0 amide bonds. The summed E-state index contributed by atoms with van der Waals surface area (Å²) < 4.78 is 60.1. The van der Waals surface area contributed by atoms with Crippen LogP contribution in [0.25, 0.3) is 0 Å². The van der Waals surface area contributed by atoms with Gasteiger partial charge in [0.2, 0.25) is 11.6 Å². The Balaban J connectivity index is 0.000000344. The molecule has 3 aromatic rings. The van der Waals surface area contributed by atoms with E-state index in [0.717, 1.165) is 0 Å². The van der Waals surface area contributed by atoms with E-state index >= 15 is 0 Å². The second-order valence-corrected chi connectivity index (χ2v) is 16.0. The predicted octanol–water partition coefficient (Wildman–Crippen LogP) is 5.81. The molecule has 11 heteroatoms. The van der Waals surface area contributed by atoms with Gasteiger partial charge >= 0.3 is 7.32 Å². The zero-order valence-electron chi connectivity index (χ0n) is 24.1. The molecule has 0 heterocycles. The normalized spacial score (nSPS) is 10.9. The lowest BCUT2D eigenvalue weighted by molar-refractivity contribution is 0.269. The molecule has 0 unspecified atom stereocenters. The molecule has 2 N–H and O–H groups in total. The van der Waals surface area contributed by atoms with Crippen LogP contribution in [0.5, 0.6) is 5.75 Å². The van der Waals surface area contributed by atoms with Crippen LogP contribution in [0.1, 0.15) is 20.8 Å². The predicted molar refractivity (Wildman–Crippen MR) is 155 cm³/mol. The first-order valence-corrected chi connectivity index (χ1v) is 15.3. The summed E-state index contributed by atoms with van der Waals surface area (Å²) >= 11 is 0. The molecule has 0 aliphatic heterocycles. The number of halogens is 4. The fourth-order valence-electron chi connectivity index (χ4n) is 3.20. The Hall–Kier alpha value is -3.02. The van der Waals surface area contributed by atoms with E-state index in [1.165, 1.54) is 11.4 Å². The maximum absolute atomic E-state index is 14.2. The number of benzene rings is 3. The summed E-state index contributed by atoms with van der Waals surface area (Å²) in [5.41, 5.74) is 2.50. The van der Waals surface area contributed by atoms with E-state index in [1.807, 2.05) is 64.6 Å². The van der Waals surface area contributed by atoms with Crippen molar-refractivity contribution < 1.29 is 32.3 Å². The van der Waals surface area contributed by atoms with Gasteiger partial charge in [-0.2, -0.15) is 8.78 Å². The van der Waals surface area contributed by atoms with E-state index in [2.05, 4.69) is 38.7 Å². The molecule has 39 heavy (non-hydrogen) atoms. The van der Waals surface area contributed by atoms with E-state index in [1.54, 1.807) is 33.9 Å². The standard InChI is InChI=1S/C12H17BF4O3Si.2C8H11N/c1-12(2,3)21(4,5)11-8(16)6(14)10(20-13(18)19)7(15)9(11)17;2*1-9(2)8-6-4-3-5-7-8/h18-19H,1-5H3;2*3-7H,1-2H3. The SMILES string of the molecule is CC(C)(C)[Si](C)(C)c1c(F)c(F)c(OB(O)O)c(F)c1F.CN(C)c1ccccc1.CN(C)c1ccccc1. The average Bonchev–Trinajstić information content (AvgIpc) is 2.86. The molecular weight excluding hydrogens is 527 g/mol. The number of anilines is 2. The third-order valence-electron chi connectivity index (χ3n) is 6.49. The second-order valence-electron chi connectivity index (χ2n) is 10.7. The zero-order valence-corrected chi connectivity index (χ0v) is 25.1. The van der Waals surface area contributed by atoms with Gasteiger partial charge in [0, 0.05) is 44.8 Å². The van der Waals surface area contributed by atoms with Crippen LogP contribution in [-0.4, -0.2) is 53.6 Å². The van der Waals surface area contributed by atoms with Crippen LogP contribution in [0.3, 0.4) is 0 Å². The van der Waals surface area contributed by atoms with Crippen molar-refractivity contribution in [3.8, 4) is 5.75 Å². The van der Waals surface area contributed by atoms with Gasteiger partial charge < -0.3 is 24.5 Å². The minimum atomic E-state index is -2.91. The summed E-state index contributed by atoms with van der Waals surface area (Å²) in [5, 5.41) is 15.9. The third-order valence-corrected chi connectivity index (χ3v) is 11.9. The molecule has 3 rings (SSSR count). The Bertz CT molecular complexity index is 1100. The van der Waals surface area contributed by atoms with Gasteiger partial charge in [0.25, 0.3) is 0 Å². The third kappa shape index (κ3) is 9.30. The minimum Gasteiger partial charge on any atom is -0.507 e. The van der Waals surface area contributed by atoms with Gasteiger partial charge in [0.15, 0.2) is 17.4 Å². The number of hydrogen-bond donors (Lipinski definition) is 2. The second kappa shape index (κ2) is 14.4. The van der Waals surface area contributed by atoms with Gasteiger partial charge in [-0.15, -0.1) is 0 Å². The van der Waals surface area contributed by atoms with Gasteiger partial charge in [-0.05, 0) is 29.3 Å². The lowest BCUT2D eigenvalue weighted by atomic mass is 10.2. The minimum absolute atomic E-state index is 0.563. The van der Waals surface area contributed by atoms with Crippen molar-refractivity contribution in [2.45, 2.75) is 38.9 Å². The van der Waals surface area contributed by atoms with Crippen molar-refractivity contribution in [3.05, 3.63) is 83.9 Å². The Morgan fingerprint density at radius 2 is 1.00 bits per heavy atom.